The van der Waals surface area contributed by atoms with E-state index >= 15 is 0 Å². The Morgan fingerprint density at radius 2 is 1.69 bits per heavy atom. The zero-order valence-electron chi connectivity index (χ0n) is 16.3. The number of hydrogen-bond acceptors (Lipinski definition) is 6. The molecule has 2 aromatic carbocycles. The first-order valence-corrected chi connectivity index (χ1v) is 8.96. The third kappa shape index (κ3) is 7.53. The maximum Gasteiger partial charge on any atom is 0.407 e. The molecule has 8 nitrogen and oxygen atoms in total. The zero-order valence-corrected chi connectivity index (χ0v) is 16.3. The third-order valence-electron chi connectivity index (χ3n) is 4.00. The van der Waals surface area contributed by atoms with Crippen LogP contribution in [0.25, 0.3) is 0 Å². The van der Waals surface area contributed by atoms with Crippen molar-refractivity contribution in [3.63, 3.8) is 0 Å². The summed E-state index contributed by atoms with van der Waals surface area (Å²) in [5.41, 5.74) is 1.62. The lowest BCUT2D eigenvalue weighted by Gasteiger charge is -2.17. The Hall–Kier alpha value is -3.55. The molecule has 29 heavy (non-hydrogen) atoms. The first-order chi connectivity index (χ1) is 14.0. The second kappa shape index (κ2) is 11.3. The number of carbonyl (C=O) groups excluding carboxylic acids is 3. The Bertz CT molecular complexity index is 825. The van der Waals surface area contributed by atoms with Crippen molar-refractivity contribution >= 4 is 18.0 Å². The van der Waals surface area contributed by atoms with Crippen molar-refractivity contribution < 1.29 is 28.6 Å². The van der Waals surface area contributed by atoms with Crippen LogP contribution < -0.4 is 15.4 Å². The van der Waals surface area contributed by atoms with Crippen LogP contribution in [0.1, 0.15) is 11.1 Å². The number of benzene rings is 2. The molecular formula is C21H24N2O6. The second-order valence-electron chi connectivity index (χ2n) is 6.11. The van der Waals surface area contributed by atoms with Gasteiger partial charge >= 0.3 is 12.1 Å². The molecule has 0 aromatic heterocycles. The molecule has 0 heterocycles. The summed E-state index contributed by atoms with van der Waals surface area (Å²) in [7, 11) is 2.79. The molecule has 2 N–H and O–H groups in total. The van der Waals surface area contributed by atoms with Gasteiger partial charge in [-0.15, -0.1) is 0 Å². The molecule has 2 rings (SSSR count). The van der Waals surface area contributed by atoms with E-state index in [2.05, 4.69) is 10.6 Å². The normalized spacial score (nSPS) is 11.1. The number of carbonyl (C=O) groups is 3. The van der Waals surface area contributed by atoms with Crippen LogP contribution in [0.15, 0.2) is 54.6 Å². The van der Waals surface area contributed by atoms with Gasteiger partial charge in [-0.3, -0.25) is 4.79 Å². The Labute approximate surface area is 169 Å². The average Bonchev–Trinajstić information content (AvgIpc) is 2.76. The lowest BCUT2D eigenvalue weighted by Crippen LogP contribution is -2.47. The van der Waals surface area contributed by atoms with Gasteiger partial charge in [-0.25, -0.2) is 9.59 Å². The van der Waals surface area contributed by atoms with Crippen LogP contribution in [-0.2, 0) is 32.1 Å². The minimum Gasteiger partial charge on any atom is -0.497 e. The van der Waals surface area contributed by atoms with Gasteiger partial charge in [0.1, 0.15) is 24.9 Å². The van der Waals surface area contributed by atoms with E-state index in [0.717, 1.165) is 11.1 Å². The van der Waals surface area contributed by atoms with Gasteiger partial charge in [0.25, 0.3) is 0 Å². The number of methoxy groups -OCH3 is 2. The second-order valence-corrected chi connectivity index (χ2v) is 6.11. The molecule has 0 spiro atoms. The van der Waals surface area contributed by atoms with Gasteiger partial charge in [0.2, 0.25) is 5.91 Å². The summed E-state index contributed by atoms with van der Waals surface area (Å²) < 4.78 is 15.0. The van der Waals surface area contributed by atoms with Crippen molar-refractivity contribution in [2.75, 3.05) is 20.8 Å². The van der Waals surface area contributed by atoms with E-state index in [-0.39, 0.29) is 19.6 Å². The highest BCUT2D eigenvalue weighted by molar-refractivity contribution is 5.87. The molecular weight excluding hydrogens is 376 g/mol. The smallest absolute Gasteiger partial charge is 0.407 e. The molecule has 0 unspecified atom stereocenters. The van der Waals surface area contributed by atoms with Crippen molar-refractivity contribution in [1.29, 1.82) is 0 Å². The molecule has 2 aromatic rings. The fourth-order valence-corrected chi connectivity index (χ4v) is 2.54. The minimum atomic E-state index is -0.901. The number of esters is 1. The highest BCUT2D eigenvalue weighted by Crippen LogP contribution is 2.14. The molecule has 1 atom stereocenters. The first-order valence-electron chi connectivity index (χ1n) is 8.96. The van der Waals surface area contributed by atoms with Gasteiger partial charge in [-0.05, 0) is 23.3 Å². The number of alkyl carbamates (subject to hydrolysis) is 1. The molecule has 0 aliphatic heterocycles. The van der Waals surface area contributed by atoms with Gasteiger partial charge in [-0.2, -0.15) is 0 Å². The van der Waals surface area contributed by atoms with E-state index in [1.165, 1.54) is 7.11 Å². The maximum absolute atomic E-state index is 12.2. The number of rotatable bonds is 9. The highest BCUT2D eigenvalue weighted by atomic mass is 16.5. The highest BCUT2D eigenvalue weighted by Gasteiger charge is 2.22. The average molecular weight is 400 g/mol. The molecule has 154 valence electrons. The Morgan fingerprint density at radius 1 is 0.966 bits per heavy atom. The molecule has 0 aliphatic rings. The van der Waals surface area contributed by atoms with E-state index in [0.29, 0.717) is 5.75 Å². The Balaban J connectivity index is 1.84. The number of amides is 2. The molecule has 0 fully saturated rings. The van der Waals surface area contributed by atoms with Crippen LogP contribution in [0.2, 0.25) is 0 Å². The van der Waals surface area contributed by atoms with Crippen LogP contribution >= 0.6 is 0 Å². The van der Waals surface area contributed by atoms with Gasteiger partial charge in [0.05, 0.1) is 14.2 Å². The fourth-order valence-electron chi connectivity index (χ4n) is 2.54. The molecule has 0 radical (unpaired) electrons. The number of ether oxygens (including phenoxy) is 3. The topological polar surface area (TPSA) is 103 Å². The number of nitrogens with one attached hydrogen (secondary N) is 2. The monoisotopic (exact) mass is 400 g/mol. The standard InChI is InChI=1S/C21H24N2O6/c1-27-17-10-6-9-16(11-17)12-18(20(25)28-2)23-19(24)13-22-21(26)29-14-15-7-4-3-5-8-15/h3-11,18H,12-14H2,1-2H3,(H,22,26)(H,23,24)/t18-/m0/s1. The minimum absolute atomic E-state index is 0.0922. The van der Waals surface area contributed by atoms with Crippen LogP contribution in [0.5, 0.6) is 5.75 Å². The Morgan fingerprint density at radius 3 is 2.38 bits per heavy atom. The van der Waals surface area contributed by atoms with Crippen molar-refractivity contribution in [3.05, 3.63) is 65.7 Å². The van der Waals surface area contributed by atoms with Crippen molar-refractivity contribution in [2.45, 2.75) is 19.1 Å². The largest absolute Gasteiger partial charge is 0.497 e. The van der Waals surface area contributed by atoms with Gasteiger partial charge in [0.15, 0.2) is 0 Å². The SMILES string of the molecule is COC(=O)[C@H](Cc1cccc(OC)c1)NC(=O)CNC(=O)OCc1ccccc1. The van der Waals surface area contributed by atoms with Crippen LogP contribution in [0, 0.1) is 0 Å². The molecule has 8 heteroatoms. The first kappa shape index (κ1) is 21.7. The van der Waals surface area contributed by atoms with E-state index < -0.39 is 24.0 Å². The predicted octanol–water partition coefficient (Wildman–Crippen LogP) is 1.82. The van der Waals surface area contributed by atoms with Crippen LogP contribution in [-0.4, -0.2) is 44.8 Å². The summed E-state index contributed by atoms with van der Waals surface area (Å²) in [5, 5.41) is 4.91. The molecule has 2 amide bonds. The predicted molar refractivity (Wildman–Crippen MR) is 105 cm³/mol. The molecule has 0 saturated carbocycles. The van der Waals surface area contributed by atoms with Crippen molar-refractivity contribution in [1.82, 2.24) is 10.6 Å². The molecule has 0 saturated heterocycles. The summed E-state index contributed by atoms with van der Waals surface area (Å²) in [4.78, 5) is 35.9. The Kier molecular flexibility index (Phi) is 8.50. The number of hydrogen-bond donors (Lipinski definition) is 2. The van der Waals surface area contributed by atoms with Gasteiger partial charge < -0.3 is 24.8 Å². The van der Waals surface area contributed by atoms with Gasteiger partial charge in [-0.1, -0.05) is 42.5 Å². The maximum atomic E-state index is 12.2. The summed E-state index contributed by atoms with van der Waals surface area (Å²) in [5.74, 6) is -0.493. The van der Waals surface area contributed by atoms with Crippen molar-refractivity contribution in [3.8, 4) is 5.75 Å². The van der Waals surface area contributed by atoms with Gasteiger partial charge in [0, 0.05) is 6.42 Å². The summed E-state index contributed by atoms with van der Waals surface area (Å²) in [6.07, 6.45) is -0.514. The molecule has 0 bridgehead atoms. The quantitative estimate of drug-likeness (QED) is 0.623. The van der Waals surface area contributed by atoms with E-state index in [9.17, 15) is 14.4 Å². The fraction of sp³-hybridized carbons (Fsp3) is 0.286. The lowest BCUT2D eigenvalue weighted by atomic mass is 10.1. The third-order valence-corrected chi connectivity index (χ3v) is 4.00. The zero-order chi connectivity index (χ0) is 21.1. The molecule has 0 aliphatic carbocycles. The summed E-state index contributed by atoms with van der Waals surface area (Å²) >= 11 is 0. The van der Waals surface area contributed by atoms with E-state index in [4.69, 9.17) is 14.2 Å². The van der Waals surface area contributed by atoms with Crippen LogP contribution in [0.3, 0.4) is 0 Å². The van der Waals surface area contributed by atoms with E-state index in [1.807, 2.05) is 36.4 Å². The van der Waals surface area contributed by atoms with Crippen LogP contribution in [0.4, 0.5) is 4.79 Å². The van der Waals surface area contributed by atoms with Crippen molar-refractivity contribution in [2.24, 2.45) is 0 Å². The van der Waals surface area contributed by atoms with E-state index in [1.54, 1.807) is 25.3 Å². The summed E-state index contributed by atoms with van der Waals surface area (Å²) in [6.45, 7) is -0.242. The summed E-state index contributed by atoms with van der Waals surface area (Å²) in [6, 6.07) is 15.4. The lowest BCUT2D eigenvalue weighted by molar-refractivity contribution is -0.144.